The first-order valence-electron chi connectivity index (χ1n) is 12.5. The smallest absolute Gasteiger partial charge is 0.225 e. The van der Waals surface area contributed by atoms with E-state index in [9.17, 15) is 4.79 Å². The number of hydrogen-bond donors (Lipinski definition) is 1. The topological polar surface area (TPSA) is 44.8 Å². The average Bonchev–Trinajstić information content (AvgIpc) is 3.26. The molecule has 182 valence electrons. The van der Waals surface area contributed by atoms with Crippen LogP contribution in [-0.2, 0) is 11.2 Å². The lowest BCUT2D eigenvalue weighted by Crippen LogP contribution is -2.46. The fraction of sp³-hybridized carbons (Fsp3) is 0.519. The second kappa shape index (κ2) is 10.8. The van der Waals surface area contributed by atoms with Crippen LogP contribution in [0.2, 0.25) is 10.0 Å². The summed E-state index contributed by atoms with van der Waals surface area (Å²) < 4.78 is 5.89. The van der Waals surface area contributed by atoms with Crippen LogP contribution in [-0.4, -0.2) is 55.7 Å². The fourth-order valence-corrected chi connectivity index (χ4v) is 5.41. The second-order valence-electron chi connectivity index (χ2n) is 9.91. The molecule has 2 aromatic rings. The number of carbonyl (C=O) groups is 1. The third-order valence-corrected chi connectivity index (χ3v) is 7.62. The Morgan fingerprint density at radius 2 is 1.79 bits per heavy atom. The molecule has 2 aromatic carbocycles. The van der Waals surface area contributed by atoms with Crippen molar-refractivity contribution in [1.82, 2.24) is 10.2 Å². The van der Waals surface area contributed by atoms with Crippen molar-refractivity contribution in [3.63, 3.8) is 0 Å². The van der Waals surface area contributed by atoms with E-state index in [-0.39, 0.29) is 17.9 Å². The Kier molecular flexibility index (Phi) is 7.52. The molecular formula is C27H33Cl2N3O2. The number of nitrogens with one attached hydrogen (secondary N) is 1. The maximum Gasteiger partial charge on any atom is 0.225 e. The zero-order valence-electron chi connectivity index (χ0n) is 19.5. The number of benzene rings is 2. The highest BCUT2D eigenvalue weighted by atomic mass is 35.5. The second-order valence-corrected chi connectivity index (χ2v) is 10.8. The lowest BCUT2D eigenvalue weighted by Gasteiger charge is -2.26. The minimum Gasteiger partial charge on any atom is -0.489 e. The Balaban J connectivity index is 1.22. The maximum absolute atomic E-state index is 13.3. The summed E-state index contributed by atoms with van der Waals surface area (Å²) in [6.07, 6.45) is 6.64. The summed E-state index contributed by atoms with van der Waals surface area (Å²) in [7, 11) is 0. The number of carbonyl (C=O) groups excluding carboxylic acids is 1. The van der Waals surface area contributed by atoms with Crippen LogP contribution in [0.25, 0.3) is 0 Å². The quantitative estimate of drug-likeness (QED) is 0.513. The molecular weight excluding hydrogens is 469 g/mol. The van der Waals surface area contributed by atoms with E-state index in [0.717, 1.165) is 80.4 Å². The molecule has 3 aliphatic rings. The van der Waals surface area contributed by atoms with Gasteiger partial charge < -0.3 is 19.9 Å². The average molecular weight is 502 g/mol. The van der Waals surface area contributed by atoms with Crippen LogP contribution < -0.4 is 15.0 Å². The predicted molar refractivity (Wildman–Crippen MR) is 138 cm³/mol. The highest BCUT2D eigenvalue weighted by Crippen LogP contribution is 2.33. The van der Waals surface area contributed by atoms with Crippen molar-refractivity contribution < 1.29 is 9.53 Å². The molecule has 5 nitrogen and oxygen atoms in total. The Morgan fingerprint density at radius 1 is 1.03 bits per heavy atom. The molecule has 2 aliphatic heterocycles. The van der Waals surface area contributed by atoms with Crippen molar-refractivity contribution in [2.24, 2.45) is 5.92 Å². The van der Waals surface area contributed by atoms with E-state index in [4.69, 9.17) is 27.9 Å². The van der Waals surface area contributed by atoms with E-state index < -0.39 is 0 Å². The number of amides is 1. The first-order chi connectivity index (χ1) is 16.5. The number of nitrogens with zero attached hydrogens (tertiary/aromatic N) is 2. The maximum atomic E-state index is 13.3. The number of ether oxygens (including phenoxy) is 1. The summed E-state index contributed by atoms with van der Waals surface area (Å²) in [4.78, 5) is 18.0. The van der Waals surface area contributed by atoms with Crippen LogP contribution in [0.15, 0.2) is 42.5 Å². The Labute approximate surface area is 212 Å². The van der Waals surface area contributed by atoms with Gasteiger partial charge >= 0.3 is 0 Å². The van der Waals surface area contributed by atoms with Gasteiger partial charge in [-0.2, -0.15) is 0 Å². The van der Waals surface area contributed by atoms with Gasteiger partial charge in [-0.05, 0) is 93.6 Å². The molecule has 0 spiro atoms. The van der Waals surface area contributed by atoms with Gasteiger partial charge in [0.15, 0.2) is 0 Å². The normalized spacial score (nSPS) is 21.6. The van der Waals surface area contributed by atoms with E-state index in [1.54, 1.807) is 0 Å². The summed E-state index contributed by atoms with van der Waals surface area (Å²) in [6.45, 7) is 4.71. The third-order valence-electron chi connectivity index (χ3n) is 7.07. The van der Waals surface area contributed by atoms with Gasteiger partial charge in [-0.3, -0.25) is 4.79 Å². The van der Waals surface area contributed by atoms with Gasteiger partial charge in [-0.1, -0.05) is 29.3 Å². The van der Waals surface area contributed by atoms with Gasteiger partial charge in [0, 0.05) is 36.4 Å². The van der Waals surface area contributed by atoms with Crippen molar-refractivity contribution in [3.8, 4) is 5.75 Å². The van der Waals surface area contributed by atoms with Crippen molar-refractivity contribution in [3.05, 3.63) is 58.1 Å². The van der Waals surface area contributed by atoms with Gasteiger partial charge in [0.25, 0.3) is 0 Å². The predicted octanol–water partition coefficient (Wildman–Crippen LogP) is 5.18. The highest BCUT2D eigenvalue weighted by Gasteiger charge is 2.30. The molecule has 1 N–H and O–H groups in total. The summed E-state index contributed by atoms with van der Waals surface area (Å²) in [5.41, 5.74) is 2.25. The molecule has 34 heavy (non-hydrogen) atoms. The third kappa shape index (κ3) is 6.18. The largest absolute Gasteiger partial charge is 0.489 e. The molecule has 1 amide bonds. The van der Waals surface area contributed by atoms with Crippen molar-refractivity contribution in [2.75, 3.05) is 37.6 Å². The molecule has 0 radical (unpaired) electrons. The Hall–Kier alpha value is -1.95. The number of rotatable bonds is 9. The summed E-state index contributed by atoms with van der Waals surface area (Å²) in [5.74, 6) is 0.913. The van der Waals surface area contributed by atoms with E-state index in [2.05, 4.69) is 21.2 Å². The monoisotopic (exact) mass is 501 g/mol. The summed E-state index contributed by atoms with van der Waals surface area (Å²) in [6, 6.07) is 14.0. The van der Waals surface area contributed by atoms with Gasteiger partial charge in [0.05, 0.1) is 17.0 Å². The first kappa shape index (κ1) is 23.8. The lowest BCUT2D eigenvalue weighted by molar-refractivity contribution is -0.125. The molecule has 2 heterocycles. The first-order valence-corrected chi connectivity index (χ1v) is 13.3. The Morgan fingerprint density at radius 3 is 2.50 bits per heavy atom. The van der Waals surface area contributed by atoms with Crippen molar-refractivity contribution in [2.45, 2.75) is 50.7 Å². The highest BCUT2D eigenvalue weighted by molar-refractivity contribution is 6.32. The van der Waals surface area contributed by atoms with Gasteiger partial charge in [0.1, 0.15) is 5.75 Å². The Bertz CT molecular complexity index is 990. The molecule has 2 unspecified atom stereocenters. The number of anilines is 1. The molecule has 0 bridgehead atoms. The van der Waals surface area contributed by atoms with Gasteiger partial charge in [-0.25, -0.2) is 0 Å². The van der Waals surface area contributed by atoms with E-state index in [1.807, 2.05) is 36.4 Å². The van der Waals surface area contributed by atoms with E-state index in [0.29, 0.717) is 11.1 Å². The van der Waals surface area contributed by atoms with Crippen LogP contribution >= 0.6 is 23.2 Å². The molecule has 2 saturated heterocycles. The van der Waals surface area contributed by atoms with Crippen LogP contribution in [0, 0.1) is 5.92 Å². The zero-order chi connectivity index (χ0) is 23.5. The molecule has 1 aliphatic carbocycles. The van der Waals surface area contributed by atoms with Crippen LogP contribution in [0.3, 0.4) is 0 Å². The van der Waals surface area contributed by atoms with Crippen molar-refractivity contribution in [1.29, 1.82) is 0 Å². The number of hydrogen-bond acceptors (Lipinski definition) is 4. The molecule has 0 aromatic heterocycles. The van der Waals surface area contributed by atoms with Crippen molar-refractivity contribution >= 4 is 34.8 Å². The lowest BCUT2D eigenvalue weighted by atomic mass is 10.0. The minimum atomic E-state index is -0.00494. The molecule has 5 rings (SSSR count). The molecule has 1 saturated carbocycles. The van der Waals surface area contributed by atoms with Crippen LogP contribution in [0.4, 0.5) is 5.69 Å². The van der Waals surface area contributed by atoms with Gasteiger partial charge in [0.2, 0.25) is 5.91 Å². The standard InChI is InChI=1S/C27H33Cl2N3O2/c28-21-4-6-23(7-5-21)32-14-11-20(17-32)27(33)30-22(18-31-12-1-2-13-31)15-19-3-10-26(25(29)16-19)34-24-8-9-24/h3-7,10,16,20,22,24H,1-2,8-9,11-15,17-18H2,(H,30,33). The fourth-order valence-electron chi connectivity index (χ4n) is 5.03. The molecule has 2 atom stereocenters. The number of likely N-dealkylation sites (tertiary alicyclic amines) is 1. The minimum absolute atomic E-state index is 0.00494. The summed E-state index contributed by atoms with van der Waals surface area (Å²) >= 11 is 12.5. The zero-order valence-corrected chi connectivity index (χ0v) is 21.0. The van der Waals surface area contributed by atoms with Crippen LogP contribution in [0.1, 0.15) is 37.7 Å². The summed E-state index contributed by atoms with van der Waals surface area (Å²) in [5, 5.41) is 4.78. The molecule has 7 heteroatoms. The number of halogens is 2. The van der Waals surface area contributed by atoms with E-state index in [1.165, 1.54) is 12.8 Å². The van der Waals surface area contributed by atoms with Crippen LogP contribution in [0.5, 0.6) is 5.75 Å². The van der Waals surface area contributed by atoms with E-state index >= 15 is 0 Å². The van der Waals surface area contributed by atoms with Gasteiger partial charge in [-0.15, -0.1) is 0 Å². The SMILES string of the molecule is O=C(NC(Cc1ccc(OC2CC2)c(Cl)c1)CN1CCCC1)C1CCN(c2ccc(Cl)cc2)C1. The molecule has 3 fully saturated rings.